The maximum atomic E-state index is 14.8. The Morgan fingerprint density at radius 1 is 0.156 bits per heavy atom. The van der Waals surface area contributed by atoms with Crippen molar-refractivity contribution in [1.29, 1.82) is 0 Å². The van der Waals surface area contributed by atoms with Gasteiger partial charge in [-0.05, 0) is 0 Å². The molecule has 77 heavy (non-hydrogen) atoms. The third kappa shape index (κ3) is 48.6. The van der Waals surface area contributed by atoms with Gasteiger partial charge in [0.15, 0.2) is 0 Å². The molecule has 0 saturated carbocycles. The fourth-order valence-corrected chi connectivity index (χ4v) is 18.7. The minimum atomic E-state index is -4.94. The normalized spacial score (nSPS) is 11.8. The van der Waals surface area contributed by atoms with E-state index in [1.54, 1.807) is 0 Å². The van der Waals surface area contributed by atoms with Gasteiger partial charge in [0, 0.05) is 0 Å². The van der Waals surface area contributed by atoms with E-state index in [9.17, 15) is 19.2 Å². The molecule has 0 radical (unpaired) electrons. The van der Waals surface area contributed by atoms with Crippen LogP contribution in [0.15, 0.2) is 0 Å². The van der Waals surface area contributed by atoms with Crippen LogP contribution in [0.1, 0.15) is 439 Å². The van der Waals surface area contributed by atoms with E-state index in [0.717, 1.165) is 51.4 Å². The van der Waals surface area contributed by atoms with Gasteiger partial charge >= 0.3 is 335 Å². The first-order valence-electron chi connectivity index (χ1n) is 36.1. The second-order valence-electron chi connectivity index (χ2n) is 25.2. The SMILES string of the molecule is CCCCCCCCCCCCCCCCC[C](=O)[Ti]([C](=O)CCCCCCCCCCCCCCCCC)([C](=O)CCCCCCCCCCCCCCCCC)[C](=O)CCCCCCCCCCCCCCCCC. The fraction of sp³-hybridized carbons (Fsp3) is 0.944. The average molecular weight is 1120 g/mol. The van der Waals surface area contributed by atoms with Gasteiger partial charge in [0.1, 0.15) is 0 Å². The van der Waals surface area contributed by atoms with Gasteiger partial charge in [0.05, 0.1) is 0 Å². The third-order valence-electron chi connectivity index (χ3n) is 17.7. The van der Waals surface area contributed by atoms with Crippen LogP contribution in [0.2, 0.25) is 0 Å². The summed E-state index contributed by atoms with van der Waals surface area (Å²) in [6.07, 6.45) is 76.3. The monoisotopic (exact) mass is 1120 g/mol. The topological polar surface area (TPSA) is 68.3 Å². The Morgan fingerprint density at radius 2 is 0.247 bits per heavy atom. The molecule has 0 aromatic heterocycles. The van der Waals surface area contributed by atoms with E-state index in [-0.39, 0.29) is 42.0 Å². The van der Waals surface area contributed by atoms with Gasteiger partial charge in [0.25, 0.3) is 0 Å². The summed E-state index contributed by atoms with van der Waals surface area (Å²) in [5, 5.41) is 0. The molecular weight excluding hydrogens is 977 g/mol. The Morgan fingerprint density at radius 3 is 0.351 bits per heavy atom. The molecule has 0 atom stereocenters. The molecule has 0 aliphatic carbocycles. The quantitative estimate of drug-likeness (QED) is 0.0450. The van der Waals surface area contributed by atoms with Gasteiger partial charge in [0.2, 0.25) is 0 Å². The smallest absolute Gasteiger partial charge is 0.0654 e. The number of hydrogen-bond acceptors (Lipinski definition) is 4. The van der Waals surface area contributed by atoms with Gasteiger partial charge in [-0.2, -0.15) is 0 Å². The van der Waals surface area contributed by atoms with Crippen LogP contribution < -0.4 is 0 Å². The second-order valence-corrected chi connectivity index (χ2v) is 31.1. The van der Waals surface area contributed by atoms with Crippen molar-refractivity contribution in [3.63, 3.8) is 0 Å². The van der Waals surface area contributed by atoms with Gasteiger partial charge in [-0.1, -0.05) is 156 Å². The van der Waals surface area contributed by atoms with Crippen molar-refractivity contribution in [1.82, 2.24) is 0 Å². The van der Waals surface area contributed by atoms with E-state index in [1.807, 2.05) is 0 Å². The Hall–Kier alpha value is -0.606. The first-order chi connectivity index (χ1) is 37.9. The van der Waals surface area contributed by atoms with Crippen molar-refractivity contribution in [2.45, 2.75) is 439 Å². The number of hydrogen-bond donors (Lipinski definition) is 0. The van der Waals surface area contributed by atoms with Crippen molar-refractivity contribution >= 4 is 16.4 Å². The zero-order valence-corrected chi connectivity index (χ0v) is 54.9. The van der Waals surface area contributed by atoms with Crippen molar-refractivity contribution in [2.75, 3.05) is 0 Å². The van der Waals surface area contributed by atoms with E-state index in [1.165, 1.54) is 308 Å². The molecule has 456 valence electrons. The van der Waals surface area contributed by atoms with Crippen LogP contribution in [0.4, 0.5) is 0 Å². The minimum absolute atomic E-state index is 0.164. The number of carbonyl (C=O) groups is 4. The molecule has 0 rings (SSSR count). The van der Waals surface area contributed by atoms with E-state index >= 15 is 0 Å². The van der Waals surface area contributed by atoms with E-state index < -0.39 is 16.6 Å². The summed E-state index contributed by atoms with van der Waals surface area (Å²) in [5.41, 5.74) is 0. The summed E-state index contributed by atoms with van der Waals surface area (Å²) in [7, 11) is 0. The second kappa shape index (κ2) is 63.0. The molecule has 0 aliphatic heterocycles. The van der Waals surface area contributed by atoms with Crippen molar-refractivity contribution < 1.29 is 35.8 Å². The Labute approximate surface area is 487 Å². The molecule has 0 heterocycles. The fourth-order valence-electron chi connectivity index (χ4n) is 12.3. The Kier molecular flexibility index (Phi) is 62.5. The minimum Gasteiger partial charge on any atom is -0.0654 e. The zero-order valence-electron chi connectivity index (χ0n) is 53.4. The average Bonchev–Trinajstić information content (AvgIpc) is 3.43. The number of carbonyl (C=O) groups excluding carboxylic acids is 4. The van der Waals surface area contributed by atoms with Crippen molar-refractivity contribution in [3.05, 3.63) is 0 Å². The summed E-state index contributed by atoms with van der Waals surface area (Å²) in [6.45, 7) is 9.14. The molecule has 0 aromatic rings. The molecule has 0 N–H and O–H groups in total. The summed E-state index contributed by atoms with van der Waals surface area (Å²) in [6, 6.07) is 0. The molecule has 4 nitrogen and oxygen atoms in total. The Balaban J connectivity index is 5.49. The van der Waals surface area contributed by atoms with Gasteiger partial charge < -0.3 is 0 Å². The van der Waals surface area contributed by atoms with Crippen LogP contribution >= 0.6 is 0 Å². The Bertz CT molecular complexity index is 1060. The maximum absolute atomic E-state index is 14.8. The van der Waals surface area contributed by atoms with Crippen LogP contribution in [0.25, 0.3) is 0 Å². The predicted octanol–water partition coefficient (Wildman–Crippen LogP) is 25.3. The summed E-state index contributed by atoms with van der Waals surface area (Å²) in [5.74, 6) is 0. The molecule has 5 heteroatoms. The molecule has 0 bridgehead atoms. The summed E-state index contributed by atoms with van der Waals surface area (Å²) >= 11 is -4.94. The van der Waals surface area contributed by atoms with Crippen LogP contribution in [0, 0.1) is 0 Å². The molecule has 0 unspecified atom stereocenters. The first-order valence-corrected chi connectivity index (χ1v) is 39.2. The molecule has 0 saturated heterocycles. The van der Waals surface area contributed by atoms with Gasteiger partial charge in [-0.3, -0.25) is 0 Å². The van der Waals surface area contributed by atoms with Crippen LogP contribution in [-0.4, -0.2) is 16.4 Å². The van der Waals surface area contributed by atoms with Gasteiger partial charge in [-0.15, -0.1) is 0 Å². The first kappa shape index (κ1) is 76.4. The third-order valence-corrected chi connectivity index (χ3v) is 24.5. The molecular formula is C72H140O4Ti. The van der Waals surface area contributed by atoms with Crippen LogP contribution in [0.3, 0.4) is 0 Å². The molecule has 0 aliphatic rings. The number of unbranched alkanes of at least 4 members (excludes halogenated alkanes) is 56. The zero-order chi connectivity index (χ0) is 56.1. The molecule has 0 fully saturated rings. The molecule has 0 amide bonds. The molecule has 0 aromatic carbocycles. The van der Waals surface area contributed by atoms with E-state index in [2.05, 4.69) is 27.7 Å². The van der Waals surface area contributed by atoms with Gasteiger partial charge in [-0.25, -0.2) is 0 Å². The van der Waals surface area contributed by atoms with Crippen molar-refractivity contribution in [3.8, 4) is 0 Å². The van der Waals surface area contributed by atoms with Crippen molar-refractivity contribution in [2.24, 2.45) is 0 Å². The standard InChI is InChI=1S/4C18H35O.Ti/c4*1-2-3-4-5-6-7-8-9-10-11-12-13-14-15-16-17-18-19;/h4*2-17H2,1H3;. The van der Waals surface area contributed by atoms with Crippen LogP contribution in [0.5, 0.6) is 0 Å². The summed E-state index contributed by atoms with van der Waals surface area (Å²) in [4.78, 5) is 59.3. The summed E-state index contributed by atoms with van der Waals surface area (Å²) < 4.78 is -0.657. The molecule has 0 spiro atoms. The van der Waals surface area contributed by atoms with E-state index in [4.69, 9.17) is 0 Å². The van der Waals surface area contributed by atoms with Crippen LogP contribution in [-0.2, 0) is 35.8 Å². The number of rotatable bonds is 68. The predicted molar refractivity (Wildman–Crippen MR) is 338 cm³/mol. The van der Waals surface area contributed by atoms with E-state index in [0.29, 0.717) is 25.7 Å².